The van der Waals surface area contributed by atoms with E-state index < -0.39 is 12.1 Å². The fourth-order valence-electron chi connectivity index (χ4n) is 5.71. The molecule has 0 radical (unpaired) electrons. The first kappa shape index (κ1) is 35.7. The molecule has 2 unspecified atom stereocenters. The molecular formula is C31H39Cl4N7O2S. The van der Waals surface area contributed by atoms with Crippen molar-refractivity contribution in [2.45, 2.75) is 70.1 Å². The Hall–Kier alpha value is -2.18. The van der Waals surface area contributed by atoms with Gasteiger partial charge in [-0.3, -0.25) is 9.59 Å². The Balaban J connectivity index is 1.54. The van der Waals surface area contributed by atoms with Crippen molar-refractivity contribution in [2.24, 2.45) is 17.4 Å². The van der Waals surface area contributed by atoms with E-state index in [2.05, 4.69) is 29.4 Å². The summed E-state index contributed by atoms with van der Waals surface area (Å²) in [4.78, 5) is 31.7. The molecule has 1 aliphatic heterocycles. The average molecular weight is 716 g/mol. The minimum absolute atomic E-state index is 0.159. The highest BCUT2D eigenvalue weighted by atomic mass is 35.5. The number of halogens is 4. The summed E-state index contributed by atoms with van der Waals surface area (Å²) in [6.07, 6.45) is 2.67. The third kappa shape index (κ3) is 9.91. The van der Waals surface area contributed by atoms with Crippen LogP contribution >= 0.6 is 57.7 Å². The number of aromatic nitrogens is 2. The van der Waals surface area contributed by atoms with Crippen LogP contribution in [0.25, 0.3) is 0 Å². The number of carbonyl (C=O) groups is 2. The maximum atomic E-state index is 14.0. The lowest BCUT2D eigenvalue weighted by atomic mass is 9.93. The molecule has 4 rings (SSSR count). The topological polar surface area (TPSA) is 130 Å². The van der Waals surface area contributed by atoms with E-state index in [1.54, 1.807) is 35.8 Å². The standard InChI is InChI=1S/C31H39Cl4N7O2S/c1-18(2)10-23-16-41(30(44)28(37)13-20-6-7-21(32)14-25(20)34)22(4-3-9-38-31-40-39-17-45-31)15-42(23)29(43)27(36)12-19-5-8-24(33)26(35)11-19/h5-8,11,14,17-18,22-23,27-28H,3-4,9-10,12-13,15-16,36-37H2,1-2H3,(H,38,40)/t22?,23?,27-,28+/m0/s1. The summed E-state index contributed by atoms with van der Waals surface area (Å²) < 4.78 is 0. The molecule has 1 saturated heterocycles. The van der Waals surface area contributed by atoms with E-state index in [9.17, 15) is 9.59 Å². The molecule has 1 fully saturated rings. The fourth-order valence-corrected chi connectivity index (χ4v) is 6.99. The number of hydrogen-bond acceptors (Lipinski definition) is 8. The second-order valence-corrected chi connectivity index (χ2v) is 14.3. The Labute approximate surface area is 288 Å². The first-order chi connectivity index (χ1) is 21.4. The summed E-state index contributed by atoms with van der Waals surface area (Å²) in [6, 6.07) is 8.36. The number of benzene rings is 2. The van der Waals surface area contributed by atoms with Crippen LogP contribution in [0.1, 0.15) is 44.2 Å². The first-order valence-corrected chi connectivity index (χ1v) is 17.3. The molecule has 9 nitrogen and oxygen atoms in total. The van der Waals surface area contributed by atoms with Crippen LogP contribution in [-0.2, 0) is 22.4 Å². The number of anilines is 1. The van der Waals surface area contributed by atoms with Crippen LogP contribution in [0.5, 0.6) is 0 Å². The van der Waals surface area contributed by atoms with Gasteiger partial charge in [-0.2, -0.15) is 0 Å². The minimum Gasteiger partial charge on any atom is -0.360 e. The van der Waals surface area contributed by atoms with Crippen molar-refractivity contribution in [1.82, 2.24) is 20.0 Å². The second kappa shape index (κ2) is 16.6. The molecule has 1 aromatic heterocycles. The molecule has 3 aromatic rings. The van der Waals surface area contributed by atoms with E-state index in [-0.39, 0.29) is 36.2 Å². The zero-order valence-corrected chi connectivity index (χ0v) is 29.1. The SMILES string of the molecule is CC(C)CC1CN(C(=O)[C@H](N)Cc2ccc(Cl)cc2Cl)C(CCCNc2nncs2)CN1C(=O)[C@@H](N)Cc1ccc(Cl)c(Cl)c1. The fraction of sp³-hybridized carbons (Fsp3) is 0.484. The van der Waals surface area contributed by atoms with E-state index in [0.29, 0.717) is 59.0 Å². The van der Waals surface area contributed by atoms with Gasteiger partial charge in [-0.15, -0.1) is 10.2 Å². The van der Waals surface area contributed by atoms with Crippen molar-refractivity contribution >= 4 is 74.7 Å². The predicted molar refractivity (Wildman–Crippen MR) is 184 cm³/mol. The number of nitrogens with zero attached hydrogens (tertiary/aromatic N) is 4. The van der Waals surface area contributed by atoms with Crippen LogP contribution in [-0.4, -0.2) is 75.6 Å². The largest absolute Gasteiger partial charge is 0.360 e. The number of hydrogen-bond donors (Lipinski definition) is 3. The second-order valence-electron chi connectivity index (χ2n) is 11.8. The Bertz CT molecular complexity index is 1450. The highest BCUT2D eigenvalue weighted by Gasteiger charge is 2.41. The molecule has 2 amide bonds. The first-order valence-electron chi connectivity index (χ1n) is 14.9. The van der Waals surface area contributed by atoms with Gasteiger partial charge in [0, 0.05) is 41.8 Å². The summed E-state index contributed by atoms with van der Waals surface area (Å²) in [7, 11) is 0. The molecule has 14 heteroatoms. The number of carbonyl (C=O) groups excluding carboxylic acids is 2. The Morgan fingerprint density at radius 3 is 2.27 bits per heavy atom. The van der Waals surface area contributed by atoms with Crippen molar-refractivity contribution in [3.63, 3.8) is 0 Å². The summed E-state index contributed by atoms with van der Waals surface area (Å²) in [5.74, 6) is -0.0557. The van der Waals surface area contributed by atoms with Gasteiger partial charge in [0.15, 0.2) is 0 Å². The third-order valence-electron chi connectivity index (χ3n) is 7.89. The van der Waals surface area contributed by atoms with Crippen molar-refractivity contribution in [2.75, 3.05) is 25.0 Å². The van der Waals surface area contributed by atoms with Gasteiger partial charge in [-0.25, -0.2) is 0 Å². The monoisotopic (exact) mass is 713 g/mol. The van der Waals surface area contributed by atoms with Gasteiger partial charge in [-0.1, -0.05) is 83.7 Å². The van der Waals surface area contributed by atoms with Gasteiger partial charge in [0.1, 0.15) is 5.51 Å². The van der Waals surface area contributed by atoms with Crippen LogP contribution in [0.2, 0.25) is 20.1 Å². The van der Waals surface area contributed by atoms with E-state index in [1.165, 1.54) is 11.3 Å². The Morgan fingerprint density at radius 2 is 1.62 bits per heavy atom. The van der Waals surface area contributed by atoms with E-state index in [1.807, 2.05) is 15.9 Å². The molecule has 0 aliphatic carbocycles. The lowest BCUT2D eigenvalue weighted by Gasteiger charge is -2.48. The van der Waals surface area contributed by atoms with Gasteiger partial charge in [0.2, 0.25) is 16.9 Å². The van der Waals surface area contributed by atoms with Crippen LogP contribution in [0.3, 0.4) is 0 Å². The maximum Gasteiger partial charge on any atom is 0.240 e. The molecule has 244 valence electrons. The number of nitrogens with two attached hydrogens (primary N) is 2. The zero-order valence-electron chi connectivity index (χ0n) is 25.3. The maximum absolute atomic E-state index is 14.0. The van der Waals surface area contributed by atoms with Crippen LogP contribution < -0.4 is 16.8 Å². The van der Waals surface area contributed by atoms with Crippen LogP contribution in [0.15, 0.2) is 41.9 Å². The summed E-state index contributed by atoms with van der Waals surface area (Å²) >= 11 is 26.2. The molecule has 45 heavy (non-hydrogen) atoms. The molecule has 4 atom stereocenters. The molecule has 2 aromatic carbocycles. The Kier molecular flexibility index (Phi) is 13.1. The van der Waals surface area contributed by atoms with Gasteiger partial charge < -0.3 is 26.6 Å². The summed E-state index contributed by atoms with van der Waals surface area (Å²) in [5.41, 5.74) is 16.3. The van der Waals surface area contributed by atoms with Gasteiger partial charge in [0.25, 0.3) is 0 Å². The van der Waals surface area contributed by atoms with E-state index in [0.717, 1.165) is 22.7 Å². The minimum atomic E-state index is -0.815. The van der Waals surface area contributed by atoms with E-state index in [4.69, 9.17) is 57.9 Å². The predicted octanol–water partition coefficient (Wildman–Crippen LogP) is 5.94. The highest BCUT2D eigenvalue weighted by molar-refractivity contribution is 7.13. The molecule has 2 heterocycles. The lowest BCUT2D eigenvalue weighted by Crippen LogP contribution is -2.65. The third-order valence-corrected chi connectivity index (χ3v) is 9.86. The molecule has 5 N–H and O–H groups in total. The van der Waals surface area contributed by atoms with Crippen molar-refractivity contribution in [3.05, 3.63) is 73.1 Å². The van der Waals surface area contributed by atoms with Gasteiger partial charge in [-0.05, 0) is 73.4 Å². The van der Waals surface area contributed by atoms with Crippen molar-refractivity contribution < 1.29 is 9.59 Å². The molecule has 0 saturated carbocycles. The molecule has 1 aliphatic rings. The highest BCUT2D eigenvalue weighted by Crippen LogP contribution is 2.28. The average Bonchev–Trinajstić information content (AvgIpc) is 3.51. The van der Waals surface area contributed by atoms with Crippen molar-refractivity contribution in [3.8, 4) is 0 Å². The molecular weight excluding hydrogens is 676 g/mol. The van der Waals surface area contributed by atoms with Gasteiger partial charge >= 0.3 is 0 Å². The lowest BCUT2D eigenvalue weighted by molar-refractivity contribution is -0.149. The smallest absolute Gasteiger partial charge is 0.240 e. The molecule has 0 bridgehead atoms. The summed E-state index contributed by atoms with van der Waals surface area (Å²) in [5, 5.41) is 13.7. The number of piperazine rings is 1. The zero-order chi connectivity index (χ0) is 32.7. The number of nitrogens with one attached hydrogen (secondary N) is 1. The normalized spacial score (nSPS) is 18.2. The van der Waals surface area contributed by atoms with E-state index >= 15 is 0 Å². The van der Waals surface area contributed by atoms with Crippen LogP contribution in [0, 0.1) is 5.92 Å². The Morgan fingerprint density at radius 1 is 0.933 bits per heavy atom. The van der Waals surface area contributed by atoms with Crippen LogP contribution in [0.4, 0.5) is 5.13 Å². The quantitative estimate of drug-likeness (QED) is 0.187. The number of amides is 2. The van der Waals surface area contributed by atoms with Crippen molar-refractivity contribution in [1.29, 1.82) is 0 Å². The summed E-state index contributed by atoms with van der Waals surface area (Å²) in [6.45, 7) is 5.55. The van der Waals surface area contributed by atoms with Gasteiger partial charge in [0.05, 0.1) is 22.1 Å². The number of rotatable bonds is 13. The molecule has 0 spiro atoms.